The van der Waals surface area contributed by atoms with Gasteiger partial charge in [-0.15, -0.1) is 0 Å². The summed E-state index contributed by atoms with van der Waals surface area (Å²) in [6, 6.07) is -0.254. The Balaban J connectivity index is 0.000000369. The second-order valence-corrected chi connectivity index (χ2v) is 6.14. The van der Waals surface area contributed by atoms with Gasteiger partial charge in [0.25, 0.3) is 0 Å². The summed E-state index contributed by atoms with van der Waals surface area (Å²) in [5.41, 5.74) is -0.543. The molecule has 2 N–H and O–H groups in total. The monoisotopic (exact) mass is 299 g/mol. The molecule has 0 radical (unpaired) electrons. The highest BCUT2D eigenvalue weighted by molar-refractivity contribution is 5.74. The van der Waals surface area contributed by atoms with E-state index < -0.39 is 23.6 Å². The van der Waals surface area contributed by atoms with Crippen molar-refractivity contribution in [3.05, 3.63) is 12.2 Å². The molecule has 1 unspecified atom stereocenters. The third kappa shape index (κ3) is 7.70. The lowest BCUT2D eigenvalue weighted by molar-refractivity contribution is -0.140. The van der Waals surface area contributed by atoms with Gasteiger partial charge in [-0.3, -0.25) is 4.79 Å². The van der Waals surface area contributed by atoms with E-state index in [4.69, 9.17) is 14.6 Å². The van der Waals surface area contributed by atoms with E-state index in [1.807, 2.05) is 0 Å². The SMILES string of the molecule is C1CCOC1.CC(C)(C)OC(=O)NC1C=C[C@H](C(=O)O)C1. The number of hydrogen-bond donors (Lipinski definition) is 2. The van der Waals surface area contributed by atoms with Gasteiger partial charge in [0.05, 0.1) is 12.0 Å². The minimum absolute atomic E-state index is 0.254. The molecule has 1 amide bonds. The number of ether oxygens (including phenoxy) is 2. The minimum atomic E-state index is -0.871. The molecule has 120 valence electrons. The fourth-order valence-corrected chi connectivity index (χ4v) is 1.96. The quantitative estimate of drug-likeness (QED) is 0.764. The Bertz CT molecular complexity index is 374. The molecule has 0 aromatic carbocycles. The van der Waals surface area contributed by atoms with Gasteiger partial charge >= 0.3 is 12.1 Å². The second-order valence-electron chi connectivity index (χ2n) is 6.14. The van der Waals surface area contributed by atoms with Crippen LogP contribution in [0.5, 0.6) is 0 Å². The summed E-state index contributed by atoms with van der Waals surface area (Å²) in [7, 11) is 0. The Kier molecular flexibility index (Phi) is 6.68. The molecule has 1 saturated heterocycles. The first kappa shape index (κ1) is 17.5. The van der Waals surface area contributed by atoms with Crippen molar-refractivity contribution in [1.82, 2.24) is 5.32 Å². The molecule has 2 atom stereocenters. The Morgan fingerprint density at radius 3 is 2.24 bits per heavy atom. The molecule has 1 aliphatic heterocycles. The van der Waals surface area contributed by atoms with E-state index in [1.54, 1.807) is 32.9 Å². The van der Waals surface area contributed by atoms with Crippen LogP contribution in [0, 0.1) is 5.92 Å². The number of aliphatic carboxylic acids is 1. The van der Waals surface area contributed by atoms with Crippen LogP contribution in [0.2, 0.25) is 0 Å². The maximum Gasteiger partial charge on any atom is 0.408 e. The normalized spacial score (nSPS) is 24.1. The first-order valence-electron chi connectivity index (χ1n) is 7.26. The number of carbonyl (C=O) groups is 2. The van der Waals surface area contributed by atoms with Crippen LogP contribution in [0.4, 0.5) is 4.79 Å². The predicted molar refractivity (Wildman–Crippen MR) is 78.1 cm³/mol. The van der Waals surface area contributed by atoms with Gasteiger partial charge in [0.15, 0.2) is 0 Å². The molecule has 6 heteroatoms. The largest absolute Gasteiger partial charge is 0.481 e. The highest BCUT2D eigenvalue weighted by Gasteiger charge is 2.26. The lowest BCUT2D eigenvalue weighted by atomic mass is 10.1. The lowest BCUT2D eigenvalue weighted by Crippen LogP contribution is -2.38. The number of carboxylic acids is 1. The van der Waals surface area contributed by atoms with Gasteiger partial charge in [-0.05, 0) is 40.0 Å². The summed E-state index contributed by atoms with van der Waals surface area (Å²) in [4.78, 5) is 22.0. The molecule has 0 saturated carbocycles. The molecule has 1 heterocycles. The number of carbonyl (C=O) groups excluding carboxylic acids is 1. The van der Waals surface area contributed by atoms with Crippen molar-refractivity contribution in [2.24, 2.45) is 5.92 Å². The highest BCUT2D eigenvalue weighted by Crippen LogP contribution is 2.18. The summed E-state index contributed by atoms with van der Waals surface area (Å²) in [6.45, 7) is 7.32. The number of hydrogen-bond acceptors (Lipinski definition) is 4. The van der Waals surface area contributed by atoms with Gasteiger partial charge in [0.1, 0.15) is 5.60 Å². The topological polar surface area (TPSA) is 84.9 Å². The second kappa shape index (κ2) is 8.02. The van der Waals surface area contributed by atoms with Crippen LogP contribution < -0.4 is 5.32 Å². The molecule has 6 nitrogen and oxygen atoms in total. The number of nitrogens with one attached hydrogen (secondary N) is 1. The van der Waals surface area contributed by atoms with Crippen molar-refractivity contribution in [1.29, 1.82) is 0 Å². The van der Waals surface area contributed by atoms with E-state index in [1.165, 1.54) is 12.8 Å². The number of carboxylic acid groups (broad SMARTS) is 1. The molecule has 2 aliphatic rings. The number of rotatable bonds is 2. The number of amides is 1. The Morgan fingerprint density at radius 1 is 1.24 bits per heavy atom. The molecular weight excluding hydrogens is 274 g/mol. The summed E-state index contributed by atoms with van der Waals surface area (Å²) in [5, 5.41) is 11.4. The van der Waals surface area contributed by atoms with E-state index in [9.17, 15) is 9.59 Å². The van der Waals surface area contributed by atoms with E-state index in [0.717, 1.165) is 13.2 Å². The highest BCUT2D eigenvalue weighted by atomic mass is 16.6. The summed E-state index contributed by atoms with van der Waals surface area (Å²) in [6.07, 6.45) is 5.69. The molecular formula is C15H25NO5. The smallest absolute Gasteiger partial charge is 0.408 e. The van der Waals surface area contributed by atoms with Crippen molar-refractivity contribution in [3.8, 4) is 0 Å². The maximum atomic E-state index is 11.4. The zero-order chi connectivity index (χ0) is 15.9. The van der Waals surface area contributed by atoms with Gasteiger partial charge in [0.2, 0.25) is 0 Å². The zero-order valence-electron chi connectivity index (χ0n) is 12.9. The van der Waals surface area contributed by atoms with Crippen LogP contribution in [0.15, 0.2) is 12.2 Å². The van der Waals surface area contributed by atoms with Gasteiger partial charge < -0.3 is 19.9 Å². The van der Waals surface area contributed by atoms with Gasteiger partial charge in [-0.25, -0.2) is 4.79 Å². The van der Waals surface area contributed by atoms with E-state index in [0.29, 0.717) is 6.42 Å². The third-order valence-corrected chi connectivity index (χ3v) is 2.93. The van der Waals surface area contributed by atoms with Crippen molar-refractivity contribution in [3.63, 3.8) is 0 Å². The van der Waals surface area contributed by atoms with Crippen molar-refractivity contribution < 1.29 is 24.2 Å². The Labute approximate surface area is 125 Å². The van der Waals surface area contributed by atoms with E-state index >= 15 is 0 Å². The van der Waals surface area contributed by atoms with Gasteiger partial charge in [-0.1, -0.05) is 12.2 Å². The molecule has 1 aliphatic carbocycles. The van der Waals surface area contributed by atoms with E-state index in [2.05, 4.69) is 5.32 Å². The van der Waals surface area contributed by atoms with Crippen molar-refractivity contribution in [2.75, 3.05) is 13.2 Å². The standard InChI is InChI=1S/C11H17NO4.C4H8O/c1-11(2,3)16-10(15)12-8-5-4-7(6-8)9(13)14;1-2-4-5-3-1/h4-5,7-8H,6H2,1-3H3,(H,12,15)(H,13,14);1-4H2/t7-,8?;/m0./s1. The fourth-order valence-electron chi connectivity index (χ4n) is 1.96. The summed E-state index contributed by atoms with van der Waals surface area (Å²) in [5.74, 6) is -1.38. The molecule has 0 aromatic heterocycles. The van der Waals surface area contributed by atoms with Gasteiger partial charge in [-0.2, -0.15) is 0 Å². The van der Waals surface area contributed by atoms with Gasteiger partial charge in [0, 0.05) is 13.2 Å². The molecule has 0 bridgehead atoms. The van der Waals surface area contributed by atoms with Crippen LogP contribution in [0.3, 0.4) is 0 Å². The van der Waals surface area contributed by atoms with E-state index in [-0.39, 0.29) is 6.04 Å². The Hall–Kier alpha value is -1.56. The summed E-state index contributed by atoms with van der Waals surface area (Å²) >= 11 is 0. The number of alkyl carbamates (subject to hydrolysis) is 1. The average Bonchev–Trinajstić information content (AvgIpc) is 2.99. The first-order chi connectivity index (χ1) is 9.78. The van der Waals surface area contributed by atoms with Crippen LogP contribution in [-0.2, 0) is 14.3 Å². The Morgan fingerprint density at radius 2 is 1.86 bits per heavy atom. The first-order valence-corrected chi connectivity index (χ1v) is 7.26. The predicted octanol–water partition coefficient (Wildman–Crippen LogP) is 2.34. The lowest BCUT2D eigenvalue weighted by Gasteiger charge is -2.21. The van der Waals surface area contributed by atoms with Crippen LogP contribution in [0.1, 0.15) is 40.0 Å². The minimum Gasteiger partial charge on any atom is -0.481 e. The van der Waals surface area contributed by atoms with Crippen molar-refractivity contribution in [2.45, 2.75) is 51.7 Å². The zero-order valence-corrected chi connectivity index (χ0v) is 12.9. The van der Waals surface area contributed by atoms with Crippen LogP contribution >= 0.6 is 0 Å². The fraction of sp³-hybridized carbons (Fsp3) is 0.733. The molecule has 21 heavy (non-hydrogen) atoms. The summed E-state index contributed by atoms with van der Waals surface area (Å²) < 4.78 is 10.0. The third-order valence-electron chi connectivity index (χ3n) is 2.93. The molecule has 1 fully saturated rings. The van der Waals surface area contributed by atoms with Crippen molar-refractivity contribution >= 4 is 12.1 Å². The molecule has 0 spiro atoms. The van der Waals surface area contributed by atoms with Crippen LogP contribution in [0.25, 0.3) is 0 Å². The van der Waals surface area contributed by atoms with Crippen LogP contribution in [-0.4, -0.2) is 42.0 Å². The average molecular weight is 299 g/mol. The maximum absolute atomic E-state index is 11.4. The molecule has 0 aromatic rings. The molecule has 2 rings (SSSR count).